The molecule has 2 aromatic rings. The van der Waals surface area contributed by atoms with E-state index in [9.17, 15) is 4.79 Å². The summed E-state index contributed by atoms with van der Waals surface area (Å²) < 4.78 is 4.07. The summed E-state index contributed by atoms with van der Waals surface area (Å²) in [7, 11) is 0. The van der Waals surface area contributed by atoms with Gasteiger partial charge >= 0.3 is 6.03 Å². The Labute approximate surface area is 135 Å². The van der Waals surface area contributed by atoms with E-state index < -0.39 is 0 Å². The zero-order chi connectivity index (χ0) is 16.1. The van der Waals surface area contributed by atoms with Crippen LogP contribution >= 0.6 is 0 Å². The van der Waals surface area contributed by atoms with Gasteiger partial charge in [-0.05, 0) is 19.8 Å². The van der Waals surface area contributed by atoms with Gasteiger partial charge in [-0.25, -0.2) is 9.78 Å². The molecule has 8 heteroatoms. The maximum absolute atomic E-state index is 12.0. The monoisotopic (exact) mass is 317 g/mol. The van der Waals surface area contributed by atoms with Crippen LogP contribution in [0.3, 0.4) is 0 Å². The molecule has 2 aromatic heterocycles. The van der Waals surface area contributed by atoms with Crippen molar-refractivity contribution in [1.82, 2.24) is 34.9 Å². The quantitative estimate of drug-likeness (QED) is 0.864. The van der Waals surface area contributed by atoms with Crippen molar-refractivity contribution in [2.75, 3.05) is 0 Å². The van der Waals surface area contributed by atoms with Crippen molar-refractivity contribution in [3.8, 4) is 0 Å². The second-order valence-electron chi connectivity index (χ2n) is 5.98. The number of nitrogens with zero attached hydrogens (tertiary/aromatic N) is 5. The van der Waals surface area contributed by atoms with Gasteiger partial charge in [0.05, 0.1) is 12.9 Å². The van der Waals surface area contributed by atoms with Crippen LogP contribution < -0.4 is 10.6 Å². The fourth-order valence-electron chi connectivity index (χ4n) is 2.87. The molecule has 0 fully saturated rings. The second kappa shape index (κ2) is 7.26. The van der Waals surface area contributed by atoms with Crippen LogP contribution in [0.25, 0.3) is 0 Å². The number of hydrogen-bond acceptors (Lipinski definition) is 4. The van der Waals surface area contributed by atoms with E-state index in [4.69, 9.17) is 0 Å². The van der Waals surface area contributed by atoms with Gasteiger partial charge in [0.1, 0.15) is 5.82 Å². The first-order valence-electron chi connectivity index (χ1n) is 8.13. The van der Waals surface area contributed by atoms with Gasteiger partial charge in [0.2, 0.25) is 0 Å². The van der Waals surface area contributed by atoms with Crippen LogP contribution in [0.2, 0.25) is 0 Å². The predicted molar refractivity (Wildman–Crippen MR) is 84.6 cm³/mol. The Morgan fingerprint density at radius 3 is 3.09 bits per heavy atom. The van der Waals surface area contributed by atoms with Crippen molar-refractivity contribution in [3.05, 3.63) is 30.4 Å². The number of aromatic nitrogens is 5. The van der Waals surface area contributed by atoms with E-state index in [1.165, 1.54) is 6.42 Å². The summed E-state index contributed by atoms with van der Waals surface area (Å²) in [5.41, 5.74) is 0. The van der Waals surface area contributed by atoms with Crippen LogP contribution in [0.4, 0.5) is 4.79 Å². The van der Waals surface area contributed by atoms with E-state index in [1.54, 1.807) is 12.5 Å². The molecule has 0 aliphatic carbocycles. The van der Waals surface area contributed by atoms with Crippen molar-refractivity contribution in [2.45, 2.75) is 58.3 Å². The Kier molecular flexibility index (Phi) is 4.89. The minimum absolute atomic E-state index is 0.0136. The summed E-state index contributed by atoms with van der Waals surface area (Å²) in [4.78, 5) is 16.0. The molecule has 2 amide bonds. The molecule has 2 N–H and O–H groups in total. The molecule has 23 heavy (non-hydrogen) atoms. The van der Waals surface area contributed by atoms with Crippen LogP contribution in [-0.4, -0.2) is 36.4 Å². The van der Waals surface area contributed by atoms with E-state index >= 15 is 0 Å². The largest absolute Gasteiger partial charge is 0.335 e. The summed E-state index contributed by atoms with van der Waals surface area (Å²) in [6, 6.07) is -0.177. The smallest absolute Gasteiger partial charge is 0.315 e. The molecule has 0 bridgehead atoms. The van der Waals surface area contributed by atoms with Gasteiger partial charge in [0.15, 0.2) is 5.82 Å². The lowest BCUT2D eigenvalue weighted by Gasteiger charge is -2.15. The van der Waals surface area contributed by atoms with Gasteiger partial charge < -0.3 is 19.8 Å². The van der Waals surface area contributed by atoms with E-state index in [0.717, 1.165) is 37.5 Å². The Morgan fingerprint density at radius 1 is 1.35 bits per heavy atom. The highest BCUT2D eigenvalue weighted by atomic mass is 16.2. The molecule has 3 heterocycles. The molecule has 3 rings (SSSR count). The number of nitrogens with one attached hydrogen (secondary N) is 2. The van der Waals surface area contributed by atoms with Crippen LogP contribution in [0.1, 0.15) is 37.8 Å². The van der Waals surface area contributed by atoms with E-state index in [2.05, 4.69) is 30.4 Å². The predicted octanol–water partition coefficient (Wildman–Crippen LogP) is 1.09. The number of fused-ring (bicyclic) bond motifs is 1. The van der Waals surface area contributed by atoms with Gasteiger partial charge in [-0.15, -0.1) is 10.2 Å². The molecule has 0 aromatic carbocycles. The van der Waals surface area contributed by atoms with Gasteiger partial charge in [0.25, 0.3) is 0 Å². The zero-order valence-corrected chi connectivity index (χ0v) is 13.4. The van der Waals surface area contributed by atoms with Crippen molar-refractivity contribution >= 4 is 6.03 Å². The average molecular weight is 317 g/mol. The third kappa shape index (κ3) is 4.08. The molecular weight excluding hydrogens is 294 g/mol. The third-order valence-electron chi connectivity index (χ3n) is 4.01. The number of urea groups is 1. The van der Waals surface area contributed by atoms with Gasteiger partial charge in [0, 0.05) is 37.9 Å². The summed E-state index contributed by atoms with van der Waals surface area (Å²) >= 11 is 0. The maximum Gasteiger partial charge on any atom is 0.315 e. The Bertz CT molecular complexity index is 634. The van der Waals surface area contributed by atoms with Crippen LogP contribution in [-0.2, 0) is 26.1 Å². The highest BCUT2D eigenvalue weighted by Gasteiger charge is 2.15. The molecule has 124 valence electrons. The third-order valence-corrected chi connectivity index (χ3v) is 4.01. The first-order valence-corrected chi connectivity index (χ1v) is 8.13. The Morgan fingerprint density at radius 2 is 2.26 bits per heavy atom. The number of hydrogen-bond donors (Lipinski definition) is 2. The number of aryl methyl sites for hydroxylation is 1. The summed E-state index contributed by atoms with van der Waals surface area (Å²) in [5.74, 6) is 1.87. The van der Waals surface area contributed by atoms with E-state index in [0.29, 0.717) is 13.1 Å². The lowest BCUT2D eigenvalue weighted by Crippen LogP contribution is -2.42. The molecule has 8 nitrogen and oxygen atoms in total. The summed E-state index contributed by atoms with van der Waals surface area (Å²) in [5, 5.41) is 14.2. The van der Waals surface area contributed by atoms with Crippen molar-refractivity contribution < 1.29 is 4.79 Å². The molecule has 1 unspecified atom stereocenters. The molecular formula is C15H23N7O. The molecule has 1 atom stereocenters. The normalized spacial score (nSPS) is 15.5. The Hall–Kier alpha value is -2.38. The second-order valence-corrected chi connectivity index (χ2v) is 5.98. The highest BCUT2D eigenvalue weighted by Crippen LogP contribution is 2.14. The SMILES string of the molecule is CC(Cn1ccnc1)NC(=O)NCc1nnc2n1CCCCC2. The average Bonchev–Trinajstić information content (AvgIpc) is 3.10. The van der Waals surface area contributed by atoms with Crippen LogP contribution in [0.5, 0.6) is 0 Å². The summed E-state index contributed by atoms with van der Waals surface area (Å²) in [6.07, 6.45) is 9.85. The van der Waals surface area contributed by atoms with Gasteiger partial charge in [-0.3, -0.25) is 0 Å². The minimum atomic E-state index is -0.191. The fraction of sp³-hybridized carbons (Fsp3) is 0.600. The van der Waals surface area contributed by atoms with Crippen LogP contribution in [0, 0.1) is 0 Å². The molecule has 0 saturated heterocycles. The first kappa shape index (κ1) is 15.5. The summed E-state index contributed by atoms with van der Waals surface area (Å²) in [6.45, 7) is 3.99. The molecule has 1 aliphatic rings. The number of carbonyl (C=O) groups excluding carboxylic acids is 1. The standard InChI is InChI=1S/C15H23N7O/c1-12(10-21-8-6-16-11-21)18-15(23)17-9-14-20-19-13-5-3-2-4-7-22(13)14/h6,8,11-12H,2-5,7,9-10H2,1H3,(H2,17,18,23). The Balaban J connectivity index is 1.48. The number of amides is 2. The minimum Gasteiger partial charge on any atom is -0.335 e. The zero-order valence-electron chi connectivity index (χ0n) is 13.4. The van der Waals surface area contributed by atoms with Crippen LogP contribution in [0.15, 0.2) is 18.7 Å². The van der Waals surface area contributed by atoms with Crippen molar-refractivity contribution in [2.24, 2.45) is 0 Å². The van der Waals surface area contributed by atoms with E-state index in [-0.39, 0.29) is 12.1 Å². The molecule has 0 radical (unpaired) electrons. The fourth-order valence-corrected chi connectivity index (χ4v) is 2.87. The number of rotatable bonds is 5. The van der Waals surface area contributed by atoms with Crippen molar-refractivity contribution in [1.29, 1.82) is 0 Å². The first-order chi connectivity index (χ1) is 11.2. The lowest BCUT2D eigenvalue weighted by atomic mass is 10.2. The lowest BCUT2D eigenvalue weighted by molar-refractivity contribution is 0.235. The topological polar surface area (TPSA) is 89.7 Å². The molecule has 0 spiro atoms. The van der Waals surface area contributed by atoms with Gasteiger partial charge in [-0.1, -0.05) is 6.42 Å². The number of carbonyl (C=O) groups is 1. The highest BCUT2D eigenvalue weighted by molar-refractivity contribution is 5.74. The van der Waals surface area contributed by atoms with Crippen molar-refractivity contribution in [3.63, 3.8) is 0 Å². The van der Waals surface area contributed by atoms with E-state index in [1.807, 2.05) is 17.7 Å². The van der Waals surface area contributed by atoms with Gasteiger partial charge in [-0.2, -0.15) is 0 Å². The molecule has 0 saturated carbocycles. The number of imidazole rings is 1. The maximum atomic E-state index is 12.0. The molecule has 1 aliphatic heterocycles.